The molecule has 0 aliphatic carbocycles. The van der Waals surface area contributed by atoms with Gasteiger partial charge in [0.2, 0.25) is 0 Å². The molecule has 0 bridgehead atoms. The largest absolute Gasteiger partial charge is 0.367 e. The monoisotopic (exact) mass is 278 g/mol. The van der Waals surface area contributed by atoms with Gasteiger partial charge in [0.1, 0.15) is 18.3 Å². The molecule has 1 unspecified atom stereocenters. The Balaban J connectivity index is 1.68. The lowest BCUT2D eigenvalue weighted by Crippen LogP contribution is -2.37. The molecule has 20 heavy (non-hydrogen) atoms. The van der Waals surface area contributed by atoms with E-state index in [2.05, 4.69) is 0 Å². The lowest BCUT2D eigenvalue weighted by molar-refractivity contribution is -0.216. The number of aldehydes is 1. The first kappa shape index (κ1) is 13.7. The summed E-state index contributed by atoms with van der Waals surface area (Å²) in [5.74, 6) is -0.711. The van der Waals surface area contributed by atoms with E-state index >= 15 is 0 Å². The van der Waals surface area contributed by atoms with Crippen molar-refractivity contribution in [3.8, 4) is 0 Å². The molecule has 4 atom stereocenters. The van der Waals surface area contributed by atoms with Gasteiger partial charge in [-0.25, -0.2) is 0 Å². The van der Waals surface area contributed by atoms with Crippen LogP contribution < -0.4 is 0 Å². The summed E-state index contributed by atoms with van der Waals surface area (Å²) in [5, 5.41) is 0. The third-order valence-corrected chi connectivity index (χ3v) is 3.45. The zero-order valence-corrected chi connectivity index (χ0v) is 11.5. The highest BCUT2D eigenvalue weighted by atomic mass is 16.8. The van der Waals surface area contributed by atoms with Gasteiger partial charge in [-0.3, -0.25) is 0 Å². The minimum Gasteiger partial charge on any atom is -0.367 e. The molecule has 108 valence electrons. The van der Waals surface area contributed by atoms with Gasteiger partial charge in [0.15, 0.2) is 18.4 Å². The number of hydrogen-bond acceptors (Lipinski definition) is 5. The van der Waals surface area contributed by atoms with Crippen LogP contribution in [-0.2, 0) is 30.3 Å². The molecule has 0 spiro atoms. The molecular weight excluding hydrogens is 260 g/mol. The normalized spacial score (nSPS) is 34.9. The quantitative estimate of drug-likeness (QED) is 0.784. The van der Waals surface area contributed by atoms with E-state index in [1.54, 1.807) is 0 Å². The van der Waals surface area contributed by atoms with Gasteiger partial charge in [0.25, 0.3) is 0 Å². The maximum atomic E-state index is 11.1. The lowest BCUT2D eigenvalue weighted by Gasteiger charge is -2.23. The number of carbonyl (C=O) groups is 1. The number of fused-ring (bicyclic) bond motifs is 1. The highest BCUT2D eigenvalue weighted by Crippen LogP contribution is 2.38. The fourth-order valence-corrected chi connectivity index (χ4v) is 2.57. The van der Waals surface area contributed by atoms with Crippen LogP contribution in [0.15, 0.2) is 30.3 Å². The van der Waals surface area contributed by atoms with E-state index < -0.39 is 24.3 Å². The maximum Gasteiger partial charge on any atom is 0.190 e. The first-order valence-corrected chi connectivity index (χ1v) is 6.71. The Morgan fingerprint density at radius 3 is 2.70 bits per heavy atom. The van der Waals surface area contributed by atoms with Crippen molar-refractivity contribution in [1.29, 1.82) is 0 Å². The third-order valence-electron chi connectivity index (χ3n) is 3.45. The van der Waals surface area contributed by atoms with Crippen LogP contribution in [0.2, 0.25) is 0 Å². The zero-order valence-electron chi connectivity index (χ0n) is 11.5. The van der Waals surface area contributed by atoms with Crippen molar-refractivity contribution in [3.63, 3.8) is 0 Å². The number of hydrogen-bond donors (Lipinski definition) is 0. The third kappa shape index (κ3) is 2.62. The number of ether oxygens (including phenoxy) is 4. The van der Waals surface area contributed by atoms with Crippen LogP contribution in [-0.4, -0.2) is 36.7 Å². The Hall–Kier alpha value is -1.27. The first-order chi connectivity index (χ1) is 9.59. The Kier molecular flexibility index (Phi) is 3.60. The fraction of sp³-hybridized carbons (Fsp3) is 0.533. The molecule has 5 heteroatoms. The van der Waals surface area contributed by atoms with Crippen LogP contribution in [0.3, 0.4) is 0 Å². The topological polar surface area (TPSA) is 54.0 Å². The average molecular weight is 278 g/mol. The molecule has 5 nitrogen and oxygen atoms in total. The van der Waals surface area contributed by atoms with E-state index in [0.29, 0.717) is 6.61 Å². The zero-order chi connectivity index (χ0) is 14.2. The Labute approximate surface area is 117 Å². The summed E-state index contributed by atoms with van der Waals surface area (Å²) >= 11 is 0. The SMILES string of the molecule is CC1(C)OC2[C@H](O[C@H](C=O)[C@H]2OCc2ccccc2)O1. The molecule has 0 radical (unpaired) electrons. The summed E-state index contributed by atoms with van der Waals surface area (Å²) < 4.78 is 22.7. The van der Waals surface area contributed by atoms with E-state index in [1.165, 1.54) is 0 Å². The predicted molar refractivity (Wildman–Crippen MR) is 69.8 cm³/mol. The van der Waals surface area contributed by atoms with E-state index in [1.807, 2.05) is 44.2 Å². The van der Waals surface area contributed by atoms with Crippen molar-refractivity contribution >= 4 is 6.29 Å². The van der Waals surface area contributed by atoms with Crippen LogP contribution in [0.1, 0.15) is 19.4 Å². The summed E-state index contributed by atoms with van der Waals surface area (Å²) in [6, 6.07) is 9.78. The summed E-state index contributed by atoms with van der Waals surface area (Å²) in [5.41, 5.74) is 1.04. The van der Waals surface area contributed by atoms with Gasteiger partial charge in [-0.2, -0.15) is 0 Å². The van der Waals surface area contributed by atoms with Gasteiger partial charge in [0.05, 0.1) is 6.61 Å². The van der Waals surface area contributed by atoms with Crippen LogP contribution in [0.25, 0.3) is 0 Å². The molecule has 0 saturated carbocycles. The van der Waals surface area contributed by atoms with E-state index in [0.717, 1.165) is 11.8 Å². The van der Waals surface area contributed by atoms with Gasteiger partial charge in [-0.1, -0.05) is 30.3 Å². The van der Waals surface area contributed by atoms with Gasteiger partial charge < -0.3 is 23.7 Å². The summed E-state index contributed by atoms with van der Waals surface area (Å²) in [4.78, 5) is 11.1. The van der Waals surface area contributed by atoms with Crippen LogP contribution in [0.4, 0.5) is 0 Å². The van der Waals surface area contributed by atoms with Crippen molar-refractivity contribution in [1.82, 2.24) is 0 Å². The van der Waals surface area contributed by atoms with Crippen molar-refractivity contribution in [3.05, 3.63) is 35.9 Å². The molecule has 0 amide bonds. The fourth-order valence-electron chi connectivity index (χ4n) is 2.57. The molecule has 0 N–H and O–H groups in total. The Morgan fingerprint density at radius 2 is 2.00 bits per heavy atom. The second-order valence-corrected chi connectivity index (χ2v) is 5.47. The first-order valence-electron chi connectivity index (χ1n) is 6.71. The molecule has 1 aromatic rings. The Bertz CT molecular complexity index is 472. The number of rotatable bonds is 4. The average Bonchev–Trinajstić information content (AvgIpc) is 2.89. The molecular formula is C15H18O5. The van der Waals surface area contributed by atoms with Crippen molar-refractivity contribution in [2.75, 3.05) is 0 Å². The number of carbonyl (C=O) groups excluding carboxylic acids is 1. The van der Waals surface area contributed by atoms with E-state index in [4.69, 9.17) is 18.9 Å². The highest BCUT2D eigenvalue weighted by molar-refractivity contribution is 5.58. The van der Waals surface area contributed by atoms with Gasteiger partial charge in [-0.15, -0.1) is 0 Å². The van der Waals surface area contributed by atoms with E-state index in [-0.39, 0.29) is 6.10 Å². The minimum atomic E-state index is -0.711. The molecule has 1 aromatic carbocycles. The van der Waals surface area contributed by atoms with Crippen molar-refractivity contribution in [2.24, 2.45) is 0 Å². The molecule has 2 aliphatic rings. The molecule has 2 fully saturated rings. The van der Waals surface area contributed by atoms with Crippen LogP contribution >= 0.6 is 0 Å². The second kappa shape index (κ2) is 5.26. The standard InChI is InChI=1S/C15H18O5/c1-15(2)19-13-12(11(8-16)18-14(13)20-15)17-9-10-6-4-3-5-7-10/h3-8,11-14H,9H2,1-2H3/t11-,12-,13?,14-/m1/s1. The highest BCUT2D eigenvalue weighted by Gasteiger charge is 2.55. The molecule has 0 aromatic heterocycles. The summed E-state index contributed by atoms with van der Waals surface area (Å²) in [6.45, 7) is 4.05. The summed E-state index contributed by atoms with van der Waals surface area (Å²) in [7, 11) is 0. The van der Waals surface area contributed by atoms with Gasteiger partial charge >= 0.3 is 0 Å². The molecule has 3 rings (SSSR count). The minimum absolute atomic E-state index is 0.371. The van der Waals surface area contributed by atoms with Gasteiger partial charge in [0, 0.05) is 0 Å². The van der Waals surface area contributed by atoms with Gasteiger partial charge in [-0.05, 0) is 19.4 Å². The second-order valence-electron chi connectivity index (χ2n) is 5.47. The maximum absolute atomic E-state index is 11.1. The number of benzene rings is 1. The van der Waals surface area contributed by atoms with Crippen molar-refractivity contribution < 1.29 is 23.7 Å². The predicted octanol–water partition coefficient (Wildman–Crippen LogP) is 1.65. The van der Waals surface area contributed by atoms with Crippen molar-refractivity contribution in [2.45, 2.75) is 50.8 Å². The molecule has 2 aliphatic heterocycles. The smallest absolute Gasteiger partial charge is 0.190 e. The Morgan fingerprint density at radius 1 is 1.25 bits per heavy atom. The summed E-state index contributed by atoms with van der Waals surface area (Å²) in [6.07, 6.45) is -1.26. The van der Waals surface area contributed by atoms with Crippen LogP contribution in [0, 0.1) is 0 Å². The lowest BCUT2D eigenvalue weighted by atomic mass is 10.1. The van der Waals surface area contributed by atoms with Crippen LogP contribution in [0.5, 0.6) is 0 Å². The molecule has 2 saturated heterocycles. The molecule has 2 heterocycles. The van der Waals surface area contributed by atoms with E-state index in [9.17, 15) is 4.79 Å².